The van der Waals surface area contributed by atoms with E-state index >= 15 is 17.6 Å². The molecule has 9 aliphatic rings. The Kier molecular flexibility index (Phi) is 24.9. The number of H-pyrrole nitrogens is 3. The highest BCUT2D eigenvalue weighted by atomic mass is 31.2. The van der Waals surface area contributed by atoms with E-state index in [0.717, 1.165) is 6.20 Å². The third-order valence-corrected chi connectivity index (χ3v) is 24.5. The molecule has 3 aromatic heterocycles. The van der Waals surface area contributed by atoms with Crippen molar-refractivity contribution in [1.82, 2.24) is 38.9 Å². The molecule has 0 radical (unpaired) electrons. The molecule has 55 heteroatoms. The number of benzene rings is 4. The second kappa shape index (κ2) is 36.7. The number of rotatable bonds is 20. The zero-order chi connectivity index (χ0) is 98.5. The van der Waals surface area contributed by atoms with Crippen LogP contribution < -0.4 is 57.2 Å². The summed E-state index contributed by atoms with van der Waals surface area (Å²) in [6.07, 6.45) is -26.4. The first-order valence-corrected chi connectivity index (χ1v) is 42.5. The quantitative estimate of drug-likeness (QED) is 0.0223. The summed E-state index contributed by atoms with van der Waals surface area (Å²) in [4.78, 5) is 133. The van der Waals surface area contributed by atoms with Crippen molar-refractivity contribution in [2.24, 2.45) is 0 Å². The summed E-state index contributed by atoms with van der Waals surface area (Å²) in [6, 6.07) is 19.9. The van der Waals surface area contributed by atoms with Gasteiger partial charge in [-0.15, -0.1) is 0 Å². The number of aliphatic hydroxyl groups is 8. The van der Waals surface area contributed by atoms with Gasteiger partial charge in [-0.05, 0) is 49.9 Å². The minimum Gasteiger partial charge on any atom is -0.403 e. The van der Waals surface area contributed by atoms with Crippen LogP contribution in [0.1, 0.15) is 102 Å². The number of aromatic nitrogens is 6. The molecule has 12 N–H and O–H groups in total. The van der Waals surface area contributed by atoms with E-state index in [4.69, 9.17) is 81.5 Å². The summed E-state index contributed by atoms with van der Waals surface area (Å²) in [6.45, 7) is -1.07. The normalized spacial score (nSPS) is 34.4. The summed E-state index contributed by atoms with van der Waals surface area (Å²) in [5.74, 6) is -15.2. The second-order valence-electron chi connectivity index (χ2n) is 28.4. The Morgan fingerprint density at radius 1 is 0.453 bits per heavy atom. The monoisotopic (exact) mass is 1890 g/mol. The summed E-state index contributed by atoms with van der Waals surface area (Å²) < 4.78 is 244. The van der Waals surface area contributed by atoms with E-state index in [1.54, 1.807) is 110 Å². The lowest BCUT2D eigenvalue weighted by atomic mass is 10.1. The van der Waals surface area contributed by atoms with Crippen LogP contribution in [-0.2, 0) is 109 Å². The Hall–Kier alpha value is -10.6. The molecule has 4 unspecified atom stereocenters. The van der Waals surface area contributed by atoms with Crippen molar-refractivity contribution in [3.63, 3.8) is 0 Å². The highest BCUT2D eigenvalue weighted by Crippen LogP contribution is 2.61. The molecule has 0 spiro atoms. The summed E-state index contributed by atoms with van der Waals surface area (Å²) in [5, 5.41) is 84.5. The number of hydrogen-bond donors (Lipinski definition) is 12. The predicted octanol–water partition coefficient (Wildman–Crippen LogP) is 1.68. The maximum Gasteiger partial charge on any atom is 0.530 e. The maximum absolute atomic E-state index is 15.9. The Balaban J connectivity index is 0.000000152. The van der Waals surface area contributed by atoms with Gasteiger partial charge in [-0.25, -0.2) is 50.2 Å². The Labute approximate surface area is 720 Å². The molecule has 4 saturated heterocycles. The molecule has 0 bridgehead atoms. The highest BCUT2D eigenvalue weighted by molar-refractivity contribution is 7.49. The lowest BCUT2D eigenvalue weighted by Crippen LogP contribution is -2.48. The fourth-order valence-electron chi connectivity index (χ4n) is 12.8. The van der Waals surface area contributed by atoms with Crippen LogP contribution in [-0.4, -0.2) is 210 Å². The van der Waals surface area contributed by atoms with Crippen molar-refractivity contribution >= 4 is 62.3 Å². The van der Waals surface area contributed by atoms with E-state index < -0.39 is 222 Å². The van der Waals surface area contributed by atoms with Crippen molar-refractivity contribution in [3.8, 4) is 23.0 Å². The number of aromatic amines is 3. The number of hydrogen-bond acceptors (Lipinski definition) is 40. The van der Waals surface area contributed by atoms with E-state index in [0.29, 0.717) is 77.1 Å². The van der Waals surface area contributed by atoms with Gasteiger partial charge in [-0.2, -0.15) is 0 Å². The van der Waals surface area contributed by atoms with E-state index in [1.165, 1.54) is 0 Å². The van der Waals surface area contributed by atoms with Crippen LogP contribution in [0.15, 0.2) is 144 Å². The van der Waals surface area contributed by atoms with Crippen LogP contribution in [0, 0.1) is 27.7 Å². The van der Waals surface area contributed by atoms with Crippen LogP contribution in [0.4, 0.5) is 17.6 Å². The molecular formula is C73H74F4N8O39P4. The standard InChI is InChI=1S/C19H20FN2O9P.3C18H18FN2O10P/c1-10-4-3-5-12-8-28-32(27,31-15(10)12)29-9-19(20)16(25)14(24)18(30-19)22-6-13(7-23)17(26)21-11(22)2;3*1-9-3-2-4-10-7-28-32(27,31-13(9)10)29-8-18(19)14(24)12(23)16(30-18)21-5-11(6-22)15(25)20-17(21)26/h3-7,14,16,18,24-25H,2,8-9H2,1H3,(H,21,26);3*2-6,12,14,16,23-24H,7-8H2,1H3,(H,20,25,26)/t14-,16+,18-,19-,32?;3*12-,14+,16-,18-,32?/m1111/s1/i9D2,18D;16D;8D2;. The fourth-order valence-corrected chi connectivity index (χ4v) is 17.7. The first-order valence-electron chi connectivity index (χ1n) is 39.7. The molecule has 0 saturated carbocycles. The number of phosphoric ester groups is 4. The van der Waals surface area contributed by atoms with Crippen LogP contribution >= 0.6 is 31.3 Å². The fraction of sp³-hybridized carbons (Fsp3) is 0.384. The van der Waals surface area contributed by atoms with Crippen molar-refractivity contribution in [1.29, 1.82) is 0 Å². The number of ether oxygens (including phenoxy) is 4. The van der Waals surface area contributed by atoms with Gasteiger partial charge < -0.3 is 88.1 Å². The van der Waals surface area contributed by atoms with Gasteiger partial charge in [-0.1, -0.05) is 79.4 Å². The topological polar surface area (TPSA) is 643 Å². The molecule has 4 aromatic carbocycles. The number of alkyl halides is 4. The maximum atomic E-state index is 15.9. The highest BCUT2D eigenvalue weighted by Gasteiger charge is 2.63. The zero-order valence-electron chi connectivity index (χ0n) is 71.6. The van der Waals surface area contributed by atoms with Crippen molar-refractivity contribution in [2.45, 2.75) is 151 Å². The second-order valence-corrected chi connectivity index (χ2v) is 34.6. The van der Waals surface area contributed by atoms with Gasteiger partial charge >= 0.3 is 48.4 Å². The molecule has 1 amide bonds. The molecule has 20 atom stereocenters. The number of nitrogens with one attached hydrogen (secondary N) is 4. The average molecular weight is 1890 g/mol. The zero-order valence-corrected chi connectivity index (χ0v) is 69.2. The van der Waals surface area contributed by atoms with E-state index in [2.05, 4.69) is 11.9 Å². The Bertz CT molecular complexity index is 6560. The van der Waals surface area contributed by atoms with Gasteiger partial charge in [0.1, 0.15) is 104 Å². The minimum absolute atomic E-state index is 0.0605. The number of nitrogens with zero attached hydrogens (tertiary/aromatic N) is 4. The minimum atomic E-state index is -4.84. The number of carbonyl (C=O) groups is 5. The van der Waals surface area contributed by atoms with Gasteiger partial charge in [0.05, 0.1) is 56.9 Å². The molecule has 4 fully saturated rings. The lowest BCUT2D eigenvalue weighted by Gasteiger charge is -2.33. The summed E-state index contributed by atoms with van der Waals surface area (Å²) >= 11 is 0. The van der Waals surface area contributed by atoms with Crippen molar-refractivity contribution in [2.75, 3.05) is 26.3 Å². The molecule has 16 rings (SSSR count). The molecule has 47 nitrogen and oxygen atoms in total. The molecule has 7 aromatic rings. The number of fused-ring (bicyclic) bond motifs is 4. The average Bonchev–Trinajstić information content (AvgIpc) is 1.48. The summed E-state index contributed by atoms with van der Waals surface area (Å²) in [7, 11) is -18.3. The predicted molar refractivity (Wildman–Crippen MR) is 413 cm³/mol. The summed E-state index contributed by atoms with van der Waals surface area (Å²) in [5.41, 5.74) is -4.75. The largest absolute Gasteiger partial charge is 0.530 e. The first kappa shape index (κ1) is 86.8. The molecule has 688 valence electrons. The van der Waals surface area contributed by atoms with E-state index in [-0.39, 0.29) is 79.1 Å². The smallest absolute Gasteiger partial charge is 0.403 e. The van der Waals surface area contributed by atoms with Gasteiger partial charge in [0.25, 0.3) is 46.0 Å². The number of amides is 1. The number of halogens is 4. The SMILES string of the molecule is Cc1cccc2c1OP(=O)(OC[C@@]1(F)O[C@@H](n3cc(C=O)c(=O)[nH]c3=O)[C@H](O)[C@@H]1O)OC2.[2H]C([2H])(OP1(=O)OCc2cccc(C)c2O1)[C@@]1(F)O[C@@H](n2cc(C=O)c(=O)[nH]c2=O)[C@H](O)[C@@H]1O.[2H]C([2H])(OP1(=O)OCc2cccc(C)c2O1)[C@@]1(F)O[C@@]([2H])(N2C=C(C=O)C(=O)NC2=C)[C@H](O)[C@@H]1O.[2H][C@@]1(n2cc(C=O)c(=O)[nH]c2=O)O[C@](F)(COP2(=O)OCc3cccc(C)c3O2)[C@@H](O)[C@H]1O. The third-order valence-electron chi connectivity index (χ3n) is 19.6. The number of para-hydroxylation sites is 4. The van der Waals surface area contributed by atoms with E-state index in [9.17, 15) is 112 Å². The molecule has 12 heterocycles. The molecular weight excluding hydrogens is 1810 g/mol. The Morgan fingerprint density at radius 3 is 1.13 bits per heavy atom. The molecule has 128 heavy (non-hydrogen) atoms. The number of aliphatic hydroxyl groups excluding tert-OH is 8. The first-order chi connectivity index (χ1) is 62.5. The van der Waals surface area contributed by atoms with Gasteiger partial charge in [-0.3, -0.25) is 103 Å². The number of aldehydes is 4. The van der Waals surface area contributed by atoms with Crippen LogP contribution in [0.25, 0.3) is 0 Å². The van der Waals surface area contributed by atoms with Crippen LogP contribution in [0.2, 0.25) is 0 Å². The van der Waals surface area contributed by atoms with Crippen molar-refractivity contribution in [3.05, 3.63) is 239 Å². The molecule has 0 aliphatic carbocycles. The van der Waals surface area contributed by atoms with Crippen molar-refractivity contribution < 1.29 is 182 Å². The van der Waals surface area contributed by atoms with Gasteiger partial charge in [0, 0.05) is 47.0 Å². The number of carbonyl (C=O) groups excluding carboxylic acids is 5. The Morgan fingerprint density at radius 2 is 0.758 bits per heavy atom. The van der Waals surface area contributed by atoms with Gasteiger partial charge in [0.2, 0.25) is 0 Å². The van der Waals surface area contributed by atoms with Crippen LogP contribution in [0.5, 0.6) is 23.0 Å². The number of phosphoric acid groups is 4. The lowest BCUT2D eigenvalue weighted by molar-refractivity contribution is -0.208. The third kappa shape index (κ3) is 19.1. The number of aryl methyl sites for hydroxylation is 4. The van der Waals surface area contributed by atoms with E-state index in [1.807, 2.05) is 4.98 Å². The molecule has 9 aliphatic heterocycles. The van der Waals surface area contributed by atoms with Crippen LogP contribution in [0.3, 0.4) is 0 Å². The van der Waals surface area contributed by atoms with Gasteiger partial charge in [0.15, 0.2) is 50.0 Å².